The number of nitrogens with one attached hydrogen (secondary N) is 1. The Hall–Kier alpha value is -2.77. The second-order valence-corrected chi connectivity index (χ2v) is 8.92. The summed E-state index contributed by atoms with van der Waals surface area (Å²) >= 11 is 1.71. The van der Waals surface area contributed by atoms with E-state index < -0.39 is 0 Å². The summed E-state index contributed by atoms with van der Waals surface area (Å²) in [5, 5.41) is 3.13. The number of hydrogen-bond acceptors (Lipinski definition) is 6. The Bertz CT molecular complexity index is 1160. The zero-order valence-electron chi connectivity index (χ0n) is 17.2. The molecule has 7 heteroatoms. The molecule has 6 nitrogen and oxygen atoms in total. The van der Waals surface area contributed by atoms with Crippen molar-refractivity contribution in [3.05, 3.63) is 51.8 Å². The lowest BCUT2D eigenvalue weighted by atomic mass is 10.0. The first-order valence-electron chi connectivity index (χ1n) is 10.3. The topological polar surface area (TPSA) is 67.3 Å². The van der Waals surface area contributed by atoms with Gasteiger partial charge in [-0.2, -0.15) is 0 Å². The molecule has 3 aromatic rings. The summed E-state index contributed by atoms with van der Waals surface area (Å²) in [6.07, 6.45) is 9.56. The van der Waals surface area contributed by atoms with Crippen LogP contribution in [-0.4, -0.2) is 42.2 Å². The van der Waals surface area contributed by atoms with Crippen LogP contribution in [0.4, 0.5) is 11.4 Å². The van der Waals surface area contributed by atoms with Crippen LogP contribution in [0.2, 0.25) is 0 Å². The molecule has 2 aliphatic rings. The van der Waals surface area contributed by atoms with Gasteiger partial charge < -0.3 is 15.0 Å². The number of aryl methyl sites for hydroxylation is 3. The Kier molecular flexibility index (Phi) is 5.00. The van der Waals surface area contributed by atoms with Gasteiger partial charge in [0.15, 0.2) is 0 Å². The molecule has 1 fully saturated rings. The van der Waals surface area contributed by atoms with Crippen molar-refractivity contribution in [2.75, 3.05) is 36.5 Å². The van der Waals surface area contributed by atoms with E-state index in [9.17, 15) is 4.79 Å². The Morgan fingerprint density at radius 3 is 2.90 bits per heavy atom. The van der Waals surface area contributed by atoms with Gasteiger partial charge in [-0.15, -0.1) is 11.3 Å². The molecule has 1 aliphatic heterocycles. The Morgan fingerprint density at radius 1 is 1.23 bits per heavy atom. The van der Waals surface area contributed by atoms with E-state index in [1.54, 1.807) is 23.7 Å². The highest BCUT2D eigenvalue weighted by Crippen LogP contribution is 2.39. The van der Waals surface area contributed by atoms with Crippen molar-refractivity contribution >= 4 is 44.9 Å². The fraction of sp³-hybridized carbons (Fsp3) is 0.348. The average Bonchev–Trinajstić information content (AvgIpc) is 3.07. The normalized spacial score (nSPS) is 16.0. The van der Waals surface area contributed by atoms with Crippen molar-refractivity contribution < 1.29 is 9.53 Å². The van der Waals surface area contributed by atoms with Crippen LogP contribution >= 0.6 is 11.3 Å². The highest BCUT2D eigenvalue weighted by atomic mass is 32.1. The summed E-state index contributed by atoms with van der Waals surface area (Å²) in [4.78, 5) is 26.1. The summed E-state index contributed by atoms with van der Waals surface area (Å²) in [6, 6.07) is 1.87. The van der Waals surface area contributed by atoms with Crippen LogP contribution in [0.25, 0.3) is 16.3 Å². The second-order valence-electron chi connectivity index (χ2n) is 7.69. The van der Waals surface area contributed by atoms with Crippen LogP contribution in [-0.2, 0) is 11.2 Å². The van der Waals surface area contributed by atoms with E-state index in [2.05, 4.69) is 46.2 Å². The van der Waals surface area contributed by atoms with E-state index in [1.165, 1.54) is 10.4 Å². The van der Waals surface area contributed by atoms with E-state index in [1.807, 2.05) is 6.07 Å². The summed E-state index contributed by atoms with van der Waals surface area (Å²) < 4.78 is 6.63. The minimum Gasteiger partial charge on any atom is -0.378 e. The largest absolute Gasteiger partial charge is 0.378 e. The maximum Gasteiger partial charge on any atom is 0.259 e. The lowest BCUT2D eigenvalue weighted by molar-refractivity contribution is 0.102. The summed E-state index contributed by atoms with van der Waals surface area (Å²) in [5.41, 5.74) is 6.58. The monoisotopic (exact) mass is 420 g/mol. The van der Waals surface area contributed by atoms with E-state index in [4.69, 9.17) is 4.74 Å². The molecule has 1 aliphatic carbocycles. The fourth-order valence-corrected chi connectivity index (χ4v) is 5.33. The number of rotatable bonds is 3. The van der Waals surface area contributed by atoms with Crippen molar-refractivity contribution in [1.82, 2.24) is 9.97 Å². The Morgan fingerprint density at radius 2 is 2.07 bits per heavy atom. The number of thiophene rings is 1. The van der Waals surface area contributed by atoms with Crippen molar-refractivity contribution in [2.24, 2.45) is 0 Å². The maximum atomic E-state index is 13.4. The standard InChI is InChI=1S/C23H24N4O2S/c1-14-15(2)30-22-20(14)25-13-17(21(22)27-9-11-29-12-10-27)23(28)26-19-7-8-24-18-6-4-3-5-16(18)19/h3,5,7-8,13H,4,6,9-12H2,1-2H3,(H,24,26,28). The average molecular weight is 421 g/mol. The van der Waals surface area contributed by atoms with Crippen LogP contribution in [0.15, 0.2) is 24.5 Å². The van der Waals surface area contributed by atoms with Gasteiger partial charge in [0, 0.05) is 41.6 Å². The van der Waals surface area contributed by atoms with Gasteiger partial charge in [-0.3, -0.25) is 14.8 Å². The lowest BCUT2D eigenvalue weighted by Gasteiger charge is -2.30. The Labute approximate surface area is 179 Å². The molecule has 0 atom stereocenters. The van der Waals surface area contributed by atoms with Crippen molar-refractivity contribution in [1.29, 1.82) is 0 Å². The molecule has 0 radical (unpaired) electrons. The molecule has 30 heavy (non-hydrogen) atoms. The minimum absolute atomic E-state index is 0.137. The minimum atomic E-state index is -0.137. The number of carbonyl (C=O) groups is 1. The summed E-state index contributed by atoms with van der Waals surface area (Å²) in [6.45, 7) is 7.07. The second kappa shape index (κ2) is 7.81. The molecule has 154 valence electrons. The van der Waals surface area contributed by atoms with E-state index in [0.29, 0.717) is 18.8 Å². The molecule has 0 saturated carbocycles. The Balaban J connectivity index is 1.58. The van der Waals surface area contributed by atoms with Gasteiger partial charge in [-0.1, -0.05) is 12.2 Å². The smallest absolute Gasteiger partial charge is 0.259 e. The van der Waals surface area contributed by atoms with Crippen LogP contribution in [0, 0.1) is 13.8 Å². The molecule has 0 aromatic carbocycles. The summed E-state index contributed by atoms with van der Waals surface area (Å²) in [7, 11) is 0. The van der Waals surface area contributed by atoms with Crippen molar-refractivity contribution in [3.63, 3.8) is 0 Å². The van der Waals surface area contributed by atoms with Gasteiger partial charge in [0.25, 0.3) is 5.91 Å². The summed E-state index contributed by atoms with van der Waals surface area (Å²) in [5.74, 6) is -0.137. The number of anilines is 2. The first-order chi connectivity index (χ1) is 14.6. The number of fused-ring (bicyclic) bond motifs is 2. The third-order valence-electron chi connectivity index (χ3n) is 5.87. The molecule has 0 spiro atoms. The quantitative estimate of drug-likeness (QED) is 0.682. The molecule has 4 heterocycles. The van der Waals surface area contributed by atoms with Gasteiger partial charge in [0.05, 0.1) is 40.4 Å². The number of aromatic nitrogens is 2. The molecule has 0 bridgehead atoms. The van der Waals surface area contributed by atoms with Crippen LogP contribution in [0.5, 0.6) is 0 Å². The number of morpholine rings is 1. The number of carbonyl (C=O) groups excluding carboxylic acids is 1. The predicted molar refractivity (Wildman–Crippen MR) is 122 cm³/mol. The molecule has 1 N–H and O–H groups in total. The van der Waals surface area contributed by atoms with Gasteiger partial charge in [0.2, 0.25) is 0 Å². The molecule has 1 saturated heterocycles. The van der Waals surface area contributed by atoms with Crippen molar-refractivity contribution in [3.8, 4) is 0 Å². The molecular formula is C23H24N4O2S. The van der Waals surface area contributed by atoms with Gasteiger partial charge >= 0.3 is 0 Å². The highest BCUT2D eigenvalue weighted by Gasteiger charge is 2.25. The molecule has 5 rings (SSSR count). The van der Waals surface area contributed by atoms with E-state index in [0.717, 1.165) is 58.8 Å². The number of ether oxygens (including phenoxy) is 1. The van der Waals surface area contributed by atoms with Crippen LogP contribution < -0.4 is 10.2 Å². The fourth-order valence-electron chi connectivity index (χ4n) is 4.13. The van der Waals surface area contributed by atoms with E-state index in [-0.39, 0.29) is 5.91 Å². The number of hydrogen-bond donors (Lipinski definition) is 1. The first kappa shape index (κ1) is 19.2. The molecule has 1 amide bonds. The molecule has 3 aromatic heterocycles. The lowest BCUT2D eigenvalue weighted by Crippen LogP contribution is -2.37. The molecular weight excluding hydrogens is 396 g/mol. The zero-order chi connectivity index (χ0) is 20.7. The van der Waals surface area contributed by atoms with Crippen molar-refractivity contribution in [2.45, 2.75) is 26.7 Å². The first-order valence-corrected chi connectivity index (χ1v) is 11.1. The van der Waals surface area contributed by atoms with E-state index >= 15 is 0 Å². The maximum absolute atomic E-state index is 13.4. The number of allylic oxidation sites excluding steroid dienone is 1. The number of nitrogens with zero attached hydrogens (tertiary/aromatic N) is 3. The highest BCUT2D eigenvalue weighted by molar-refractivity contribution is 7.19. The number of amides is 1. The van der Waals surface area contributed by atoms with Gasteiger partial charge in [0.1, 0.15) is 0 Å². The predicted octanol–water partition coefficient (Wildman–Crippen LogP) is 4.36. The van der Waals surface area contributed by atoms with Gasteiger partial charge in [-0.25, -0.2) is 0 Å². The zero-order valence-corrected chi connectivity index (χ0v) is 18.0. The number of pyridine rings is 2. The third kappa shape index (κ3) is 3.28. The SMILES string of the molecule is Cc1sc2c(N3CCOCC3)c(C(=O)Nc3ccnc4c3C=CCC4)cnc2c1C. The van der Waals surface area contributed by atoms with Gasteiger partial charge in [-0.05, 0) is 38.3 Å². The molecule has 0 unspecified atom stereocenters. The third-order valence-corrected chi connectivity index (χ3v) is 7.07. The van der Waals surface area contributed by atoms with Crippen LogP contribution in [0.3, 0.4) is 0 Å². The van der Waals surface area contributed by atoms with Crippen LogP contribution in [0.1, 0.15) is 38.5 Å².